The summed E-state index contributed by atoms with van der Waals surface area (Å²) in [5.74, 6) is -0.846. The molecule has 0 bridgehead atoms. The van der Waals surface area contributed by atoms with E-state index < -0.39 is 5.97 Å². The molecule has 3 atom stereocenters. The minimum Gasteiger partial charge on any atom is -0.478 e. The van der Waals surface area contributed by atoms with Crippen LogP contribution in [0.1, 0.15) is 32.0 Å². The van der Waals surface area contributed by atoms with Crippen LogP contribution in [-0.4, -0.2) is 11.1 Å². The summed E-state index contributed by atoms with van der Waals surface area (Å²) in [7, 11) is 0.00336. The van der Waals surface area contributed by atoms with Crippen molar-refractivity contribution in [3.05, 3.63) is 102 Å². The SMILES string of the molecule is O=C(O)c1ccccc1C1C(c2ccccc2)[S+]1c1ccccc1. The molecular weight excluding hydrogens is 316 g/mol. The highest BCUT2D eigenvalue weighted by Crippen LogP contribution is 2.64. The van der Waals surface area contributed by atoms with Gasteiger partial charge in [0.1, 0.15) is 0 Å². The molecule has 4 rings (SSSR count). The molecule has 3 heteroatoms. The van der Waals surface area contributed by atoms with E-state index in [1.807, 2.05) is 24.3 Å². The zero-order valence-electron chi connectivity index (χ0n) is 13.0. The molecule has 1 heterocycles. The lowest BCUT2D eigenvalue weighted by Crippen LogP contribution is -2.02. The molecule has 3 unspecified atom stereocenters. The van der Waals surface area contributed by atoms with Gasteiger partial charge in [-0.25, -0.2) is 4.79 Å². The zero-order chi connectivity index (χ0) is 16.5. The van der Waals surface area contributed by atoms with Gasteiger partial charge in [0.15, 0.2) is 4.90 Å². The van der Waals surface area contributed by atoms with Crippen molar-refractivity contribution in [3.8, 4) is 0 Å². The highest BCUT2D eigenvalue weighted by atomic mass is 32.2. The third kappa shape index (κ3) is 2.61. The molecule has 1 aliphatic rings. The second kappa shape index (κ2) is 6.17. The average molecular weight is 333 g/mol. The first-order valence-electron chi connectivity index (χ1n) is 7.91. The number of benzene rings is 3. The topological polar surface area (TPSA) is 37.3 Å². The molecule has 1 aliphatic heterocycles. The molecule has 0 radical (unpaired) electrons. The van der Waals surface area contributed by atoms with Crippen molar-refractivity contribution in [2.45, 2.75) is 15.4 Å². The number of carboxylic acids is 1. The molecule has 1 fully saturated rings. The Labute approximate surface area is 144 Å². The van der Waals surface area contributed by atoms with Gasteiger partial charge in [0, 0.05) is 11.1 Å². The number of hydrogen-bond acceptors (Lipinski definition) is 1. The van der Waals surface area contributed by atoms with Crippen LogP contribution in [0.5, 0.6) is 0 Å². The van der Waals surface area contributed by atoms with E-state index in [1.54, 1.807) is 12.1 Å². The maximum absolute atomic E-state index is 11.6. The van der Waals surface area contributed by atoms with E-state index in [0.717, 1.165) is 5.56 Å². The lowest BCUT2D eigenvalue weighted by molar-refractivity contribution is 0.0695. The van der Waals surface area contributed by atoms with Crippen molar-refractivity contribution in [3.63, 3.8) is 0 Å². The second-order valence-corrected chi connectivity index (χ2v) is 8.06. The van der Waals surface area contributed by atoms with Crippen LogP contribution in [0.15, 0.2) is 89.8 Å². The van der Waals surface area contributed by atoms with Gasteiger partial charge in [-0.15, -0.1) is 0 Å². The van der Waals surface area contributed by atoms with Crippen LogP contribution in [0.2, 0.25) is 0 Å². The Kier molecular flexibility index (Phi) is 3.87. The van der Waals surface area contributed by atoms with Gasteiger partial charge in [-0.2, -0.15) is 0 Å². The average Bonchev–Trinajstić information content (AvgIpc) is 3.38. The molecule has 2 nitrogen and oxygen atoms in total. The summed E-state index contributed by atoms with van der Waals surface area (Å²) >= 11 is 0. The van der Waals surface area contributed by atoms with Gasteiger partial charge in [-0.3, -0.25) is 0 Å². The normalized spacial score (nSPS) is 22.1. The fraction of sp³-hybridized carbons (Fsp3) is 0.0952. The molecular formula is C21H17O2S+. The number of rotatable bonds is 4. The summed E-state index contributed by atoms with van der Waals surface area (Å²) < 4.78 is 0. The van der Waals surface area contributed by atoms with E-state index in [1.165, 1.54) is 10.5 Å². The summed E-state index contributed by atoms with van der Waals surface area (Å²) in [6, 6.07) is 28.3. The Morgan fingerprint density at radius 1 is 0.750 bits per heavy atom. The maximum Gasteiger partial charge on any atom is 0.336 e. The van der Waals surface area contributed by atoms with E-state index in [0.29, 0.717) is 10.8 Å². The van der Waals surface area contributed by atoms with Gasteiger partial charge >= 0.3 is 5.97 Å². The monoisotopic (exact) mass is 333 g/mol. The quantitative estimate of drug-likeness (QED) is 0.547. The Morgan fingerprint density at radius 2 is 1.33 bits per heavy atom. The van der Waals surface area contributed by atoms with Crippen molar-refractivity contribution < 1.29 is 9.90 Å². The van der Waals surface area contributed by atoms with Crippen molar-refractivity contribution in [2.75, 3.05) is 0 Å². The van der Waals surface area contributed by atoms with Crippen LogP contribution in [0, 0.1) is 0 Å². The molecule has 3 aromatic rings. The number of hydrogen-bond donors (Lipinski definition) is 1. The van der Waals surface area contributed by atoms with E-state index >= 15 is 0 Å². The van der Waals surface area contributed by atoms with Crippen LogP contribution < -0.4 is 0 Å². The highest BCUT2D eigenvalue weighted by molar-refractivity contribution is 8.04. The van der Waals surface area contributed by atoms with Gasteiger partial charge in [-0.05, 0) is 18.2 Å². The molecule has 118 valence electrons. The third-order valence-corrected chi connectivity index (χ3v) is 7.05. The van der Waals surface area contributed by atoms with E-state index in [-0.39, 0.29) is 16.1 Å². The smallest absolute Gasteiger partial charge is 0.336 e. The minimum absolute atomic E-state index is 0.00336. The van der Waals surface area contributed by atoms with E-state index in [9.17, 15) is 9.90 Å². The standard InChI is InChI=1S/C21H16O2S/c22-21(23)18-14-8-7-13-17(18)20-19(15-9-3-1-4-10-15)24(20)16-11-5-2-6-12-16/h1-14,19-20H/p+1. The van der Waals surface area contributed by atoms with Crippen LogP contribution >= 0.6 is 0 Å². The zero-order valence-corrected chi connectivity index (χ0v) is 13.8. The molecule has 0 spiro atoms. The first-order valence-corrected chi connectivity index (χ1v) is 9.26. The Bertz CT molecular complexity index is 816. The van der Waals surface area contributed by atoms with Crippen molar-refractivity contribution in [2.24, 2.45) is 0 Å². The van der Waals surface area contributed by atoms with Crippen molar-refractivity contribution in [1.29, 1.82) is 0 Å². The Balaban J connectivity index is 1.80. The summed E-state index contributed by atoms with van der Waals surface area (Å²) in [5.41, 5.74) is 2.66. The van der Waals surface area contributed by atoms with Gasteiger partial charge in [0.05, 0.1) is 16.5 Å². The van der Waals surface area contributed by atoms with Crippen molar-refractivity contribution in [1.82, 2.24) is 0 Å². The lowest BCUT2D eigenvalue weighted by atomic mass is 10.00. The fourth-order valence-electron chi connectivity index (χ4n) is 3.28. The van der Waals surface area contributed by atoms with Crippen LogP contribution in [0.4, 0.5) is 0 Å². The van der Waals surface area contributed by atoms with Gasteiger partial charge in [0.2, 0.25) is 10.5 Å². The molecule has 1 N–H and O–H groups in total. The number of aromatic carboxylic acids is 1. The van der Waals surface area contributed by atoms with E-state index in [4.69, 9.17) is 0 Å². The van der Waals surface area contributed by atoms with Crippen molar-refractivity contribution >= 4 is 16.9 Å². The summed E-state index contributed by atoms with van der Waals surface area (Å²) in [4.78, 5) is 12.9. The van der Waals surface area contributed by atoms with Crippen LogP contribution in [-0.2, 0) is 10.9 Å². The predicted octanol–water partition coefficient (Wildman–Crippen LogP) is 4.86. The van der Waals surface area contributed by atoms with Gasteiger partial charge in [0.25, 0.3) is 0 Å². The molecule has 24 heavy (non-hydrogen) atoms. The summed E-state index contributed by atoms with van der Waals surface area (Å²) in [6.45, 7) is 0. The highest BCUT2D eigenvalue weighted by Gasteiger charge is 2.66. The first kappa shape index (κ1) is 15.0. The molecule has 0 amide bonds. The second-order valence-electron chi connectivity index (χ2n) is 5.83. The molecule has 0 aliphatic carbocycles. The minimum atomic E-state index is -0.846. The molecule has 3 aromatic carbocycles. The van der Waals surface area contributed by atoms with Crippen LogP contribution in [0.25, 0.3) is 0 Å². The predicted molar refractivity (Wildman–Crippen MR) is 97.4 cm³/mol. The fourth-order valence-corrected chi connectivity index (χ4v) is 6.16. The third-order valence-electron chi connectivity index (χ3n) is 4.39. The summed E-state index contributed by atoms with van der Waals surface area (Å²) in [6.07, 6.45) is 0. The number of carbonyl (C=O) groups is 1. The van der Waals surface area contributed by atoms with E-state index in [2.05, 4.69) is 48.5 Å². The lowest BCUT2D eigenvalue weighted by Gasteiger charge is -2.00. The molecule has 0 saturated carbocycles. The first-order chi connectivity index (χ1) is 11.8. The Hall–Kier alpha value is -2.52. The number of carboxylic acid groups (broad SMARTS) is 1. The molecule has 0 aromatic heterocycles. The largest absolute Gasteiger partial charge is 0.478 e. The summed E-state index contributed by atoms with van der Waals surface area (Å²) in [5, 5.41) is 10.2. The Morgan fingerprint density at radius 3 is 2.00 bits per heavy atom. The van der Waals surface area contributed by atoms with Crippen LogP contribution in [0.3, 0.4) is 0 Å². The maximum atomic E-state index is 11.6. The van der Waals surface area contributed by atoms with Gasteiger partial charge in [-0.1, -0.05) is 66.7 Å². The van der Waals surface area contributed by atoms with Gasteiger partial charge < -0.3 is 5.11 Å². The molecule has 1 saturated heterocycles.